The van der Waals surface area contributed by atoms with Crippen molar-refractivity contribution in [2.45, 2.75) is 95.2 Å². The Bertz CT molecular complexity index is 850. The minimum absolute atomic E-state index is 0.0205. The maximum Gasteiger partial charge on any atom is 0.410 e. The third-order valence-corrected chi connectivity index (χ3v) is 9.47. The first kappa shape index (κ1) is 27.3. The molecule has 6 atom stereocenters. The molecule has 5 fully saturated rings. The van der Waals surface area contributed by atoms with Gasteiger partial charge in [-0.15, -0.1) is 0 Å². The molecule has 37 heavy (non-hydrogen) atoms. The summed E-state index contributed by atoms with van der Waals surface area (Å²) in [6, 6.07) is 0. The molecule has 210 valence electrons. The molecule has 0 bridgehead atoms. The predicted octanol–water partition coefficient (Wildman–Crippen LogP) is 4.50. The minimum atomic E-state index is -2.26. The number of halogens is 2. The van der Waals surface area contributed by atoms with Crippen molar-refractivity contribution < 1.29 is 32.5 Å². The molecule has 0 N–H and O–H groups in total. The SMILES string of the molecule is CO[C@H]1C([C@@]2(C)O[C@@H]2CC=C(C)C)[C@]2(CC[C@H]1OC(=O)N1CC(CC3CCN(CC(F)F)CC3)C1)CO2. The number of hydrogen-bond donors (Lipinski definition) is 0. The van der Waals surface area contributed by atoms with Crippen LogP contribution in [0.1, 0.15) is 59.3 Å². The molecule has 4 saturated heterocycles. The number of likely N-dealkylation sites (tertiary alicyclic amines) is 2. The summed E-state index contributed by atoms with van der Waals surface area (Å²) >= 11 is 0. The summed E-state index contributed by atoms with van der Waals surface area (Å²) in [5, 5.41) is 0. The second-order valence-electron chi connectivity index (χ2n) is 12.4. The Morgan fingerprint density at radius 1 is 1.16 bits per heavy atom. The Morgan fingerprint density at radius 2 is 1.86 bits per heavy atom. The van der Waals surface area contributed by atoms with Crippen LogP contribution in [-0.2, 0) is 18.9 Å². The van der Waals surface area contributed by atoms with E-state index in [4.69, 9.17) is 18.9 Å². The normalized spacial score (nSPS) is 38.5. The maximum absolute atomic E-state index is 13.0. The molecule has 1 unspecified atom stereocenters. The van der Waals surface area contributed by atoms with Crippen molar-refractivity contribution in [2.75, 3.05) is 46.4 Å². The lowest BCUT2D eigenvalue weighted by atomic mass is 9.68. The van der Waals surface area contributed by atoms with Crippen molar-refractivity contribution in [1.29, 1.82) is 0 Å². The van der Waals surface area contributed by atoms with Crippen LogP contribution >= 0.6 is 0 Å². The van der Waals surface area contributed by atoms with Crippen LogP contribution in [0.5, 0.6) is 0 Å². The molecule has 5 aliphatic rings. The number of alkyl halides is 2. The van der Waals surface area contributed by atoms with Gasteiger partial charge in [0, 0.05) is 20.2 Å². The van der Waals surface area contributed by atoms with Gasteiger partial charge in [-0.3, -0.25) is 4.90 Å². The van der Waals surface area contributed by atoms with E-state index in [2.05, 4.69) is 26.8 Å². The predicted molar refractivity (Wildman–Crippen MR) is 135 cm³/mol. The number of allylic oxidation sites excluding steroid dienone is 1. The number of ether oxygens (including phenoxy) is 4. The Kier molecular flexibility index (Phi) is 7.89. The van der Waals surface area contributed by atoms with E-state index in [9.17, 15) is 13.6 Å². The van der Waals surface area contributed by atoms with Gasteiger partial charge in [0.2, 0.25) is 0 Å². The molecule has 1 aliphatic carbocycles. The van der Waals surface area contributed by atoms with Gasteiger partial charge < -0.3 is 23.8 Å². The van der Waals surface area contributed by atoms with E-state index in [0.717, 1.165) is 51.6 Å². The molecule has 9 heteroatoms. The highest BCUT2D eigenvalue weighted by molar-refractivity contribution is 5.69. The number of piperidine rings is 1. The van der Waals surface area contributed by atoms with Crippen LogP contribution in [0.3, 0.4) is 0 Å². The molecule has 4 aliphatic heterocycles. The first-order valence-corrected chi connectivity index (χ1v) is 14.1. The molecule has 0 radical (unpaired) electrons. The van der Waals surface area contributed by atoms with E-state index >= 15 is 0 Å². The molecule has 0 aromatic rings. The number of amides is 1. The quantitative estimate of drug-likeness (QED) is 0.326. The summed E-state index contributed by atoms with van der Waals surface area (Å²) in [4.78, 5) is 16.7. The Morgan fingerprint density at radius 3 is 2.46 bits per heavy atom. The number of methoxy groups -OCH3 is 1. The number of rotatable bonds is 9. The summed E-state index contributed by atoms with van der Waals surface area (Å²) in [6.07, 6.45) is 4.66. The van der Waals surface area contributed by atoms with Crippen LogP contribution in [0.15, 0.2) is 11.6 Å². The summed E-state index contributed by atoms with van der Waals surface area (Å²) in [6.45, 7) is 9.86. The van der Waals surface area contributed by atoms with Crippen molar-refractivity contribution in [3.8, 4) is 0 Å². The molecular formula is C28H44F2N2O5. The first-order chi connectivity index (χ1) is 17.6. The Hall–Kier alpha value is -1.29. The van der Waals surface area contributed by atoms with E-state index in [-0.39, 0.29) is 48.1 Å². The van der Waals surface area contributed by atoms with Gasteiger partial charge in [0.1, 0.15) is 23.4 Å². The fourth-order valence-corrected chi connectivity index (χ4v) is 7.21. The molecule has 4 heterocycles. The van der Waals surface area contributed by atoms with Crippen molar-refractivity contribution in [3.05, 3.63) is 11.6 Å². The van der Waals surface area contributed by atoms with E-state index < -0.39 is 6.43 Å². The van der Waals surface area contributed by atoms with Gasteiger partial charge in [0.05, 0.1) is 25.2 Å². The molecule has 0 aromatic heterocycles. The number of carbonyl (C=O) groups excluding carboxylic acids is 1. The van der Waals surface area contributed by atoms with Gasteiger partial charge in [0.25, 0.3) is 6.43 Å². The van der Waals surface area contributed by atoms with Gasteiger partial charge in [-0.1, -0.05) is 11.6 Å². The summed E-state index contributed by atoms with van der Waals surface area (Å²) in [7, 11) is 1.70. The zero-order valence-corrected chi connectivity index (χ0v) is 22.8. The van der Waals surface area contributed by atoms with Gasteiger partial charge >= 0.3 is 6.09 Å². The number of carbonyl (C=O) groups is 1. The van der Waals surface area contributed by atoms with E-state index in [1.807, 2.05) is 4.90 Å². The third-order valence-electron chi connectivity index (χ3n) is 9.47. The minimum Gasteiger partial charge on any atom is -0.443 e. The van der Waals surface area contributed by atoms with Crippen LogP contribution < -0.4 is 0 Å². The number of epoxide rings is 2. The lowest BCUT2D eigenvalue weighted by molar-refractivity contribution is -0.124. The third kappa shape index (κ3) is 5.85. The second-order valence-corrected chi connectivity index (χ2v) is 12.4. The molecule has 1 amide bonds. The average Bonchev–Trinajstić information content (AvgIpc) is 3.73. The fraction of sp³-hybridized carbons (Fsp3) is 0.893. The largest absolute Gasteiger partial charge is 0.443 e. The molecule has 1 spiro atoms. The fourth-order valence-electron chi connectivity index (χ4n) is 7.21. The van der Waals surface area contributed by atoms with Gasteiger partial charge in [0.15, 0.2) is 0 Å². The van der Waals surface area contributed by atoms with Gasteiger partial charge in [-0.25, -0.2) is 13.6 Å². The molecule has 5 rings (SSSR count). The van der Waals surface area contributed by atoms with E-state index in [1.54, 1.807) is 12.0 Å². The molecule has 0 aromatic carbocycles. The first-order valence-electron chi connectivity index (χ1n) is 14.1. The lowest BCUT2D eigenvalue weighted by Crippen LogP contribution is -2.57. The topological polar surface area (TPSA) is 67.1 Å². The van der Waals surface area contributed by atoms with Crippen LogP contribution in [-0.4, -0.2) is 98.3 Å². The van der Waals surface area contributed by atoms with Crippen molar-refractivity contribution >= 4 is 6.09 Å². The van der Waals surface area contributed by atoms with E-state index in [1.165, 1.54) is 5.57 Å². The highest BCUT2D eigenvalue weighted by atomic mass is 19.3. The summed E-state index contributed by atoms with van der Waals surface area (Å²) < 4.78 is 49.5. The van der Waals surface area contributed by atoms with Crippen molar-refractivity contribution in [1.82, 2.24) is 9.80 Å². The van der Waals surface area contributed by atoms with Crippen LogP contribution in [0.2, 0.25) is 0 Å². The summed E-state index contributed by atoms with van der Waals surface area (Å²) in [5.41, 5.74) is 0.699. The average molecular weight is 527 g/mol. The molecule has 1 saturated carbocycles. The second kappa shape index (κ2) is 10.7. The van der Waals surface area contributed by atoms with Gasteiger partial charge in [-0.05, 0) is 84.2 Å². The summed E-state index contributed by atoms with van der Waals surface area (Å²) in [5.74, 6) is 1.05. The zero-order valence-electron chi connectivity index (χ0n) is 22.8. The highest BCUT2D eigenvalue weighted by Crippen LogP contribution is 2.59. The van der Waals surface area contributed by atoms with Crippen molar-refractivity contribution in [2.24, 2.45) is 17.8 Å². The maximum atomic E-state index is 13.0. The monoisotopic (exact) mass is 526 g/mol. The van der Waals surface area contributed by atoms with Crippen molar-refractivity contribution in [3.63, 3.8) is 0 Å². The zero-order chi connectivity index (χ0) is 26.4. The highest BCUT2D eigenvalue weighted by Gasteiger charge is 2.72. The number of hydrogen-bond acceptors (Lipinski definition) is 6. The molecule has 7 nitrogen and oxygen atoms in total. The Labute approximate surface area is 219 Å². The van der Waals surface area contributed by atoms with Crippen LogP contribution in [0.25, 0.3) is 0 Å². The molecular weight excluding hydrogens is 482 g/mol. The smallest absolute Gasteiger partial charge is 0.410 e. The number of nitrogens with zero attached hydrogens (tertiary/aromatic N) is 2. The lowest BCUT2D eigenvalue weighted by Gasteiger charge is -2.45. The standard InChI is InChI=1S/C28H44F2N2O5/c1-18(2)5-6-22-27(3,37-22)25-24(34-4)21(7-10-28(25)17-35-28)36-26(33)32-14-20(15-32)13-19-8-11-31(12-9-19)16-23(29)30/h5,19-25H,6-17H2,1-4H3/t21-,22-,24-,25?,27+,28+/m1/s1. The van der Waals surface area contributed by atoms with Gasteiger partial charge in [-0.2, -0.15) is 0 Å². The van der Waals surface area contributed by atoms with Crippen LogP contribution in [0.4, 0.5) is 13.6 Å². The Balaban J connectivity index is 1.10. The van der Waals surface area contributed by atoms with Crippen LogP contribution in [0, 0.1) is 17.8 Å². The van der Waals surface area contributed by atoms with E-state index in [0.29, 0.717) is 31.5 Å².